The van der Waals surface area contributed by atoms with Gasteiger partial charge in [-0.2, -0.15) is 0 Å². The smallest absolute Gasteiger partial charge is 0.315 e. The molecule has 0 aliphatic heterocycles. The van der Waals surface area contributed by atoms with Gasteiger partial charge in [0.05, 0.1) is 6.04 Å². The Kier molecular flexibility index (Phi) is 4.58. The molecular formula is C13H24N4O. The monoisotopic (exact) mass is 252 g/mol. The van der Waals surface area contributed by atoms with Crippen LogP contribution in [0, 0.1) is 5.92 Å². The largest absolute Gasteiger partial charge is 0.406 e. The minimum Gasteiger partial charge on any atom is -0.406 e. The molecule has 5 nitrogen and oxygen atoms in total. The molecule has 0 bridgehead atoms. The van der Waals surface area contributed by atoms with Crippen molar-refractivity contribution in [1.29, 1.82) is 0 Å². The number of rotatable bonds is 5. The summed E-state index contributed by atoms with van der Waals surface area (Å²) in [5.41, 5.74) is 5.69. The molecule has 0 amide bonds. The second kappa shape index (κ2) is 6.18. The van der Waals surface area contributed by atoms with Crippen molar-refractivity contribution < 1.29 is 4.42 Å². The molecule has 1 aliphatic carbocycles. The van der Waals surface area contributed by atoms with Crippen LogP contribution in [0.4, 0.5) is 6.01 Å². The van der Waals surface area contributed by atoms with Gasteiger partial charge in [0.1, 0.15) is 0 Å². The van der Waals surface area contributed by atoms with Crippen LogP contribution in [0.25, 0.3) is 0 Å². The Balaban J connectivity index is 1.80. The van der Waals surface area contributed by atoms with Crippen molar-refractivity contribution in [2.75, 3.05) is 5.32 Å². The fraction of sp³-hybridized carbons (Fsp3) is 0.846. The normalized spacial score (nSPS) is 25.9. The lowest BCUT2D eigenvalue weighted by atomic mass is 9.83. The standard InChI is InChI=1S/C13H24N4O/c1-3-4-10-5-7-11(8-6-10)15-13-17-16-12(18-13)9(2)14/h9-11H,3-8,14H2,1-2H3,(H,15,17). The second-order valence-electron chi connectivity index (χ2n) is 5.38. The number of anilines is 1. The minimum absolute atomic E-state index is 0.201. The van der Waals surface area contributed by atoms with E-state index in [4.69, 9.17) is 10.2 Å². The van der Waals surface area contributed by atoms with Gasteiger partial charge in [-0.05, 0) is 38.5 Å². The molecule has 1 unspecified atom stereocenters. The SMILES string of the molecule is CCCC1CCC(Nc2nnc(C(C)N)o2)CC1. The van der Waals surface area contributed by atoms with Crippen molar-refractivity contribution in [2.45, 2.75) is 64.5 Å². The second-order valence-corrected chi connectivity index (χ2v) is 5.38. The van der Waals surface area contributed by atoms with Gasteiger partial charge in [-0.25, -0.2) is 0 Å². The van der Waals surface area contributed by atoms with E-state index >= 15 is 0 Å². The first kappa shape index (κ1) is 13.3. The van der Waals surface area contributed by atoms with Crippen molar-refractivity contribution in [3.05, 3.63) is 5.89 Å². The maximum atomic E-state index is 5.69. The van der Waals surface area contributed by atoms with E-state index in [0.29, 0.717) is 17.9 Å². The molecule has 1 aromatic rings. The Bertz CT molecular complexity index is 356. The van der Waals surface area contributed by atoms with E-state index in [1.165, 1.54) is 38.5 Å². The van der Waals surface area contributed by atoms with E-state index in [2.05, 4.69) is 22.4 Å². The molecule has 0 radical (unpaired) electrons. The molecule has 0 saturated heterocycles. The van der Waals surface area contributed by atoms with Crippen LogP contribution in [0.2, 0.25) is 0 Å². The first-order valence-corrected chi connectivity index (χ1v) is 7.04. The van der Waals surface area contributed by atoms with Crippen molar-refractivity contribution in [2.24, 2.45) is 11.7 Å². The van der Waals surface area contributed by atoms with Crippen molar-refractivity contribution in [3.8, 4) is 0 Å². The molecule has 1 aliphatic rings. The number of nitrogens with one attached hydrogen (secondary N) is 1. The quantitative estimate of drug-likeness (QED) is 0.842. The molecule has 102 valence electrons. The molecule has 1 fully saturated rings. The fourth-order valence-corrected chi connectivity index (χ4v) is 2.66. The van der Waals surface area contributed by atoms with Gasteiger partial charge in [0, 0.05) is 6.04 Å². The van der Waals surface area contributed by atoms with Crippen LogP contribution < -0.4 is 11.1 Å². The summed E-state index contributed by atoms with van der Waals surface area (Å²) >= 11 is 0. The zero-order chi connectivity index (χ0) is 13.0. The molecule has 3 N–H and O–H groups in total. The Morgan fingerprint density at radius 2 is 2.06 bits per heavy atom. The summed E-state index contributed by atoms with van der Waals surface area (Å²) in [4.78, 5) is 0. The first-order valence-electron chi connectivity index (χ1n) is 7.04. The zero-order valence-corrected chi connectivity index (χ0v) is 11.4. The summed E-state index contributed by atoms with van der Waals surface area (Å²) in [5, 5.41) is 11.2. The van der Waals surface area contributed by atoms with Gasteiger partial charge >= 0.3 is 6.01 Å². The summed E-state index contributed by atoms with van der Waals surface area (Å²) in [5.74, 6) is 1.41. The lowest BCUT2D eigenvalue weighted by molar-refractivity contribution is 0.315. The van der Waals surface area contributed by atoms with E-state index in [9.17, 15) is 0 Å². The van der Waals surface area contributed by atoms with Gasteiger partial charge in [-0.15, -0.1) is 5.10 Å². The molecule has 1 saturated carbocycles. The number of nitrogens with two attached hydrogens (primary N) is 1. The van der Waals surface area contributed by atoms with Gasteiger partial charge in [0.15, 0.2) is 0 Å². The summed E-state index contributed by atoms with van der Waals surface area (Å²) in [6.07, 6.45) is 7.66. The van der Waals surface area contributed by atoms with E-state index in [1.807, 2.05) is 6.92 Å². The van der Waals surface area contributed by atoms with Gasteiger partial charge in [-0.1, -0.05) is 24.9 Å². The molecular weight excluding hydrogens is 228 g/mol. The van der Waals surface area contributed by atoms with E-state index in [1.54, 1.807) is 0 Å². The minimum atomic E-state index is -0.201. The molecule has 5 heteroatoms. The highest BCUT2D eigenvalue weighted by atomic mass is 16.4. The zero-order valence-electron chi connectivity index (χ0n) is 11.4. The lowest BCUT2D eigenvalue weighted by Crippen LogP contribution is -2.26. The van der Waals surface area contributed by atoms with E-state index < -0.39 is 0 Å². The van der Waals surface area contributed by atoms with Gasteiger partial charge < -0.3 is 15.5 Å². The van der Waals surface area contributed by atoms with Crippen molar-refractivity contribution in [1.82, 2.24) is 10.2 Å². The van der Waals surface area contributed by atoms with Gasteiger partial charge in [-0.3, -0.25) is 0 Å². The van der Waals surface area contributed by atoms with Gasteiger partial charge in [0.25, 0.3) is 0 Å². The maximum Gasteiger partial charge on any atom is 0.315 e. The molecule has 1 heterocycles. The summed E-state index contributed by atoms with van der Waals surface area (Å²) in [6.45, 7) is 4.10. The Morgan fingerprint density at radius 1 is 1.33 bits per heavy atom. The number of aromatic nitrogens is 2. The van der Waals surface area contributed by atoms with Crippen LogP contribution in [-0.2, 0) is 0 Å². The lowest BCUT2D eigenvalue weighted by Gasteiger charge is -2.28. The van der Waals surface area contributed by atoms with Crippen LogP contribution in [0.1, 0.15) is 64.3 Å². The maximum absolute atomic E-state index is 5.69. The van der Waals surface area contributed by atoms with Crippen LogP contribution in [0.5, 0.6) is 0 Å². The summed E-state index contributed by atoms with van der Waals surface area (Å²) in [6, 6.07) is 0.786. The highest BCUT2D eigenvalue weighted by Crippen LogP contribution is 2.29. The average molecular weight is 252 g/mol. The molecule has 0 spiro atoms. The number of nitrogens with zero attached hydrogens (tertiary/aromatic N) is 2. The molecule has 1 aromatic heterocycles. The van der Waals surface area contributed by atoms with Crippen LogP contribution in [0.3, 0.4) is 0 Å². The average Bonchev–Trinajstić information content (AvgIpc) is 2.81. The highest BCUT2D eigenvalue weighted by Gasteiger charge is 2.22. The number of hydrogen-bond donors (Lipinski definition) is 2. The predicted molar refractivity (Wildman–Crippen MR) is 71.2 cm³/mol. The Labute approximate surface area is 109 Å². The molecule has 2 rings (SSSR count). The fourth-order valence-electron chi connectivity index (χ4n) is 2.66. The Hall–Kier alpha value is -1.10. The first-order chi connectivity index (χ1) is 8.69. The van der Waals surface area contributed by atoms with E-state index in [-0.39, 0.29) is 6.04 Å². The topological polar surface area (TPSA) is 77.0 Å². The highest BCUT2D eigenvalue weighted by molar-refractivity contribution is 5.20. The van der Waals surface area contributed by atoms with Crippen molar-refractivity contribution in [3.63, 3.8) is 0 Å². The van der Waals surface area contributed by atoms with E-state index in [0.717, 1.165) is 5.92 Å². The summed E-state index contributed by atoms with van der Waals surface area (Å²) in [7, 11) is 0. The van der Waals surface area contributed by atoms with Crippen LogP contribution in [-0.4, -0.2) is 16.2 Å². The third-order valence-electron chi connectivity index (χ3n) is 3.70. The number of hydrogen-bond acceptors (Lipinski definition) is 5. The third-order valence-corrected chi connectivity index (χ3v) is 3.70. The molecule has 18 heavy (non-hydrogen) atoms. The molecule has 0 aromatic carbocycles. The van der Waals surface area contributed by atoms with Gasteiger partial charge in [0.2, 0.25) is 5.89 Å². The van der Waals surface area contributed by atoms with Crippen LogP contribution >= 0.6 is 0 Å². The Morgan fingerprint density at radius 3 is 2.61 bits per heavy atom. The third kappa shape index (κ3) is 3.45. The van der Waals surface area contributed by atoms with Crippen LogP contribution in [0.15, 0.2) is 4.42 Å². The summed E-state index contributed by atoms with van der Waals surface area (Å²) < 4.78 is 5.46. The predicted octanol–water partition coefficient (Wildman–Crippen LogP) is 2.86. The van der Waals surface area contributed by atoms with Crippen molar-refractivity contribution >= 4 is 6.01 Å². The molecule has 1 atom stereocenters.